The summed E-state index contributed by atoms with van der Waals surface area (Å²) in [6.45, 7) is 0. The van der Waals surface area contributed by atoms with Crippen molar-refractivity contribution in [2.45, 2.75) is 18.4 Å². The van der Waals surface area contributed by atoms with Crippen LogP contribution in [-0.2, 0) is 0 Å². The second-order valence-corrected chi connectivity index (χ2v) is 4.31. The minimum Gasteiger partial charge on any atom is -0.480 e. The van der Waals surface area contributed by atoms with Gasteiger partial charge in [-0.15, -0.1) is 10.2 Å². The number of ether oxygens (including phenoxy) is 1. The number of allylic oxidation sites excluding steroid dienone is 1. The van der Waals surface area contributed by atoms with Gasteiger partial charge in [0.25, 0.3) is 0 Å². The molecule has 3 rings (SSSR count). The van der Waals surface area contributed by atoms with Gasteiger partial charge in [-0.25, -0.2) is 0 Å². The lowest BCUT2D eigenvalue weighted by atomic mass is 10.1. The van der Waals surface area contributed by atoms with E-state index in [1.165, 1.54) is 7.11 Å². The third-order valence-electron chi connectivity index (χ3n) is 2.95. The monoisotopic (exact) mass is 259 g/mol. The molecule has 0 amide bonds. The lowest BCUT2D eigenvalue weighted by Gasteiger charge is -2.01. The van der Waals surface area contributed by atoms with Crippen molar-refractivity contribution in [3.05, 3.63) is 30.2 Å². The summed E-state index contributed by atoms with van der Waals surface area (Å²) in [6.07, 6.45) is 4.72. The Morgan fingerprint density at radius 1 is 1.32 bits per heavy atom. The van der Waals surface area contributed by atoms with Gasteiger partial charge in [0, 0.05) is 12.1 Å². The van der Waals surface area contributed by atoms with Crippen LogP contribution in [0.4, 0.5) is 0 Å². The zero-order valence-corrected chi connectivity index (χ0v) is 10.4. The fourth-order valence-corrected chi connectivity index (χ4v) is 1.95. The van der Waals surface area contributed by atoms with Crippen LogP contribution in [-0.4, -0.2) is 33.5 Å². The number of aromatic nitrogens is 4. The maximum absolute atomic E-state index is 5.80. The summed E-state index contributed by atoms with van der Waals surface area (Å²) in [5.41, 5.74) is 6.34. The van der Waals surface area contributed by atoms with Crippen molar-refractivity contribution in [3.63, 3.8) is 0 Å². The van der Waals surface area contributed by atoms with E-state index < -0.39 is 0 Å². The summed E-state index contributed by atoms with van der Waals surface area (Å²) in [7, 11) is 1.53. The van der Waals surface area contributed by atoms with Crippen molar-refractivity contribution in [3.8, 4) is 17.4 Å². The molecule has 0 aromatic carbocycles. The van der Waals surface area contributed by atoms with Gasteiger partial charge < -0.3 is 15.0 Å². The highest BCUT2D eigenvalue weighted by molar-refractivity contribution is 5.47. The Morgan fingerprint density at radius 2 is 2.21 bits per heavy atom. The van der Waals surface area contributed by atoms with Crippen LogP contribution in [0.1, 0.15) is 18.2 Å². The largest absolute Gasteiger partial charge is 0.480 e. The molecule has 0 aliphatic heterocycles. The van der Waals surface area contributed by atoms with E-state index in [0.29, 0.717) is 23.3 Å². The van der Waals surface area contributed by atoms with Crippen molar-refractivity contribution in [2.24, 2.45) is 5.73 Å². The summed E-state index contributed by atoms with van der Waals surface area (Å²) in [5.74, 6) is 1.50. The molecule has 7 heteroatoms. The predicted octanol–water partition coefficient (Wildman–Crippen LogP) is 0.906. The maximum Gasteiger partial charge on any atom is 0.234 e. The van der Waals surface area contributed by atoms with Gasteiger partial charge in [-0.05, 0) is 12.5 Å². The smallest absolute Gasteiger partial charge is 0.234 e. The van der Waals surface area contributed by atoms with Gasteiger partial charge in [0.2, 0.25) is 17.6 Å². The summed E-state index contributed by atoms with van der Waals surface area (Å²) in [5, 5.41) is 11.7. The predicted molar refractivity (Wildman–Crippen MR) is 66.3 cm³/mol. The van der Waals surface area contributed by atoms with E-state index in [2.05, 4.69) is 20.3 Å². The van der Waals surface area contributed by atoms with Gasteiger partial charge >= 0.3 is 0 Å². The fourth-order valence-electron chi connectivity index (χ4n) is 1.95. The number of nitrogens with two attached hydrogens (primary N) is 1. The number of methoxy groups -OCH3 is 1. The number of hydrogen-bond donors (Lipinski definition) is 1. The zero-order valence-electron chi connectivity index (χ0n) is 10.4. The summed E-state index contributed by atoms with van der Waals surface area (Å²) in [6, 6.07) is 3.49. The Hall–Kier alpha value is -2.28. The minimum atomic E-state index is 0.0566. The highest BCUT2D eigenvalue weighted by Gasteiger charge is 2.23. The summed E-state index contributed by atoms with van der Waals surface area (Å²) >= 11 is 0. The molecule has 0 bridgehead atoms. The van der Waals surface area contributed by atoms with Crippen LogP contribution in [0.25, 0.3) is 11.5 Å². The first-order valence-electron chi connectivity index (χ1n) is 5.92. The van der Waals surface area contributed by atoms with Crippen LogP contribution in [0.15, 0.2) is 28.8 Å². The molecule has 2 heterocycles. The third-order valence-corrected chi connectivity index (χ3v) is 2.95. The van der Waals surface area contributed by atoms with Gasteiger partial charge in [0.15, 0.2) is 0 Å². The first-order chi connectivity index (χ1) is 9.26. The molecule has 2 unspecified atom stereocenters. The normalized spacial score (nSPS) is 21.8. The fraction of sp³-hybridized carbons (Fsp3) is 0.333. The van der Waals surface area contributed by atoms with Gasteiger partial charge in [0.1, 0.15) is 5.69 Å². The lowest BCUT2D eigenvalue weighted by Crippen LogP contribution is -2.14. The number of hydrogen-bond acceptors (Lipinski definition) is 7. The molecule has 19 heavy (non-hydrogen) atoms. The van der Waals surface area contributed by atoms with Crippen LogP contribution in [0.2, 0.25) is 0 Å². The van der Waals surface area contributed by atoms with E-state index in [4.69, 9.17) is 15.0 Å². The molecule has 0 radical (unpaired) electrons. The van der Waals surface area contributed by atoms with E-state index in [-0.39, 0.29) is 12.0 Å². The Labute approximate surface area is 109 Å². The van der Waals surface area contributed by atoms with Crippen LogP contribution in [0.5, 0.6) is 5.88 Å². The Kier molecular flexibility index (Phi) is 2.96. The van der Waals surface area contributed by atoms with E-state index in [1.807, 2.05) is 12.2 Å². The molecular weight excluding hydrogens is 246 g/mol. The molecule has 0 fully saturated rings. The molecule has 1 aliphatic rings. The molecule has 2 aromatic heterocycles. The van der Waals surface area contributed by atoms with Gasteiger partial charge in [-0.1, -0.05) is 17.3 Å². The number of rotatable bonds is 3. The molecular formula is C12H13N5O2. The SMILES string of the molecule is COc1ccc(-c2noc(C3C=CC(N)C3)n2)nn1. The minimum absolute atomic E-state index is 0.0566. The topological polar surface area (TPSA) is 100.0 Å². The van der Waals surface area contributed by atoms with E-state index >= 15 is 0 Å². The third kappa shape index (κ3) is 2.32. The first kappa shape index (κ1) is 11.8. The Bertz CT molecular complexity index is 592. The quantitative estimate of drug-likeness (QED) is 0.817. The van der Waals surface area contributed by atoms with Gasteiger partial charge in [0.05, 0.1) is 13.0 Å². The molecule has 1 aliphatic carbocycles. The van der Waals surface area contributed by atoms with Crippen molar-refractivity contribution >= 4 is 0 Å². The van der Waals surface area contributed by atoms with E-state index in [0.717, 1.165) is 6.42 Å². The molecule has 7 nitrogen and oxygen atoms in total. The molecule has 0 spiro atoms. The average Bonchev–Trinajstić information content (AvgIpc) is 3.07. The highest BCUT2D eigenvalue weighted by Crippen LogP contribution is 2.27. The summed E-state index contributed by atoms with van der Waals surface area (Å²) < 4.78 is 10.2. The van der Waals surface area contributed by atoms with Crippen molar-refractivity contribution in [1.82, 2.24) is 20.3 Å². The van der Waals surface area contributed by atoms with Gasteiger partial charge in [-0.3, -0.25) is 0 Å². The molecule has 2 N–H and O–H groups in total. The summed E-state index contributed by atoms with van der Waals surface area (Å²) in [4.78, 5) is 4.32. The highest BCUT2D eigenvalue weighted by atomic mass is 16.5. The average molecular weight is 259 g/mol. The molecule has 98 valence electrons. The lowest BCUT2D eigenvalue weighted by molar-refractivity contribution is 0.364. The second-order valence-electron chi connectivity index (χ2n) is 4.31. The van der Waals surface area contributed by atoms with Crippen molar-refractivity contribution in [1.29, 1.82) is 0 Å². The van der Waals surface area contributed by atoms with Gasteiger partial charge in [-0.2, -0.15) is 4.98 Å². The van der Waals surface area contributed by atoms with Crippen LogP contribution in [0.3, 0.4) is 0 Å². The maximum atomic E-state index is 5.80. The first-order valence-corrected chi connectivity index (χ1v) is 5.92. The molecule has 2 atom stereocenters. The van der Waals surface area contributed by atoms with Crippen LogP contribution < -0.4 is 10.5 Å². The Balaban J connectivity index is 1.82. The molecule has 0 saturated heterocycles. The molecule has 2 aromatic rings. The Morgan fingerprint density at radius 3 is 2.84 bits per heavy atom. The second kappa shape index (κ2) is 4.77. The van der Waals surface area contributed by atoms with E-state index in [1.54, 1.807) is 12.1 Å². The van der Waals surface area contributed by atoms with Crippen LogP contribution in [0, 0.1) is 0 Å². The molecule has 0 saturated carbocycles. The van der Waals surface area contributed by atoms with E-state index in [9.17, 15) is 0 Å². The van der Waals surface area contributed by atoms with Crippen molar-refractivity contribution in [2.75, 3.05) is 7.11 Å². The standard InChI is InChI=1S/C12H13N5O2/c1-18-10-5-4-9(15-16-10)11-14-12(19-17-11)7-2-3-8(13)6-7/h2-5,7-8H,6,13H2,1H3. The number of nitrogens with zero attached hydrogens (tertiary/aromatic N) is 4. The van der Waals surface area contributed by atoms with Crippen molar-refractivity contribution < 1.29 is 9.26 Å². The van der Waals surface area contributed by atoms with Crippen LogP contribution >= 0.6 is 0 Å². The zero-order chi connectivity index (χ0) is 13.2.